The number of halogens is 1. The van der Waals surface area contributed by atoms with E-state index in [0.717, 1.165) is 18.5 Å². The number of amides is 1. The van der Waals surface area contributed by atoms with Crippen molar-refractivity contribution in [3.05, 3.63) is 52.6 Å². The minimum absolute atomic E-state index is 0.326. The summed E-state index contributed by atoms with van der Waals surface area (Å²) in [6, 6.07) is 5.42. The van der Waals surface area contributed by atoms with E-state index in [9.17, 15) is 14.3 Å². The normalized spacial score (nSPS) is 18.8. The predicted molar refractivity (Wildman–Crippen MR) is 85.9 cm³/mol. The molecule has 1 amide bonds. The summed E-state index contributed by atoms with van der Waals surface area (Å²) in [4.78, 5) is 14.3. The van der Waals surface area contributed by atoms with Crippen molar-refractivity contribution in [3.8, 4) is 0 Å². The van der Waals surface area contributed by atoms with Crippen molar-refractivity contribution in [2.45, 2.75) is 37.7 Å². The minimum Gasteiger partial charge on any atom is -0.378 e. The van der Waals surface area contributed by atoms with Crippen molar-refractivity contribution in [1.29, 1.82) is 0 Å². The average molecular weight is 329 g/mol. The van der Waals surface area contributed by atoms with Crippen LogP contribution in [0.25, 0.3) is 0 Å². The van der Waals surface area contributed by atoms with Crippen LogP contribution < -0.4 is 0 Å². The summed E-state index contributed by atoms with van der Waals surface area (Å²) < 4.78 is 13.0. The zero-order chi connectivity index (χ0) is 16.7. The Morgan fingerprint density at radius 2 is 1.96 bits per heavy atom. The van der Waals surface area contributed by atoms with E-state index in [4.69, 9.17) is 0 Å². The molecule has 2 aliphatic rings. The Kier molecular flexibility index (Phi) is 3.84. The number of aromatic amines is 1. The maximum atomic E-state index is 13.0. The van der Waals surface area contributed by atoms with Gasteiger partial charge in [0.25, 0.3) is 5.91 Å². The highest BCUT2D eigenvalue weighted by molar-refractivity contribution is 5.82. The van der Waals surface area contributed by atoms with Gasteiger partial charge in [-0.25, -0.2) is 4.39 Å². The Bertz CT molecular complexity index is 752. The van der Waals surface area contributed by atoms with Crippen LogP contribution in [0.5, 0.6) is 0 Å². The van der Waals surface area contributed by atoms with Crippen LogP contribution in [0.2, 0.25) is 0 Å². The number of rotatable bonds is 3. The molecular formula is C18H20FN3O2. The van der Waals surface area contributed by atoms with Crippen molar-refractivity contribution in [1.82, 2.24) is 15.1 Å². The molecule has 1 aliphatic heterocycles. The lowest BCUT2D eigenvalue weighted by molar-refractivity contribution is -0.140. The molecule has 1 aliphatic carbocycles. The van der Waals surface area contributed by atoms with Crippen molar-refractivity contribution < 1.29 is 14.3 Å². The number of aromatic nitrogens is 2. The first kappa shape index (κ1) is 15.3. The molecule has 1 aromatic carbocycles. The third-order valence-corrected chi connectivity index (χ3v) is 4.94. The molecule has 1 unspecified atom stereocenters. The lowest BCUT2D eigenvalue weighted by Gasteiger charge is -2.23. The van der Waals surface area contributed by atoms with Gasteiger partial charge in [-0.15, -0.1) is 0 Å². The van der Waals surface area contributed by atoms with Crippen molar-refractivity contribution in [3.63, 3.8) is 0 Å². The van der Waals surface area contributed by atoms with Crippen molar-refractivity contribution in [2.75, 3.05) is 13.1 Å². The molecule has 1 atom stereocenters. The second-order valence-electron chi connectivity index (χ2n) is 6.62. The molecule has 1 saturated carbocycles. The van der Waals surface area contributed by atoms with Gasteiger partial charge in [0.15, 0.2) is 6.10 Å². The van der Waals surface area contributed by atoms with Crippen LogP contribution in [0.4, 0.5) is 4.39 Å². The van der Waals surface area contributed by atoms with Crippen LogP contribution >= 0.6 is 0 Å². The molecule has 6 heteroatoms. The molecule has 2 aromatic rings. The van der Waals surface area contributed by atoms with Gasteiger partial charge in [-0.3, -0.25) is 9.89 Å². The average Bonchev–Trinajstić information content (AvgIpc) is 3.39. The second-order valence-corrected chi connectivity index (χ2v) is 6.62. The molecule has 5 nitrogen and oxygen atoms in total. The Labute approximate surface area is 139 Å². The van der Waals surface area contributed by atoms with Crippen LogP contribution in [0, 0.1) is 5.82 Å². The number of aliphatic hydroxyl groups excluding tert-OH is 1. The molecule has 0 bridgehead atoms. The maximum Gasteiger partial charge on any atom is 0.256 e. The number of fused-ring (bicyclic) bond motifs is 1. The Morgan fingerprint density at radius 3 is 2.67 bits per heavy atom. The molecule has 1 aromatic heterocycles. The van der Waals surface area contributed by atoms with Gasteiger partial charge in [-0.2, -0.15) is 5.10 Å². The van der Waals surface area contributed by atoms with Crippen LogP contribution in [0.15, 0.2) is 24.3 Å². The van der Waals surface area contributed by atoms with E-state index in [0.29, 0.717) is 24.6 Å². The fourth-order valence-electron chi connectivity index (χ4n) is 3.38. The molecule has 126 valence electrons. The SMILES string of the molecule is O=C(C(O)c1ccc(F)cc1)N1CCc2[nH]nc(C3CC3)c2CC1. The third kappa shape index (κ3) is 2.82. The predicted octanol–water partition coefficient (Wildman–Crippen LogP) is 2.09. The number of H-pyrrole nitrogens is 1. The molecule has 1 fully saturated rings. The number of carbonyl (C=O) groups excluding carboxylic acids is 1. The van der Waals surface area contributed by atoms with Gasteiger partial charge in [0.1, 0.15) is 5.82 Å². The molecule has 0 spiro atoms. The summed E-state index contributed by atoms with van der Waals surface area (Å²) in [5, 5.41) is 17.9. The second kappa shape index (κ2) is 6.02. The molecule has 2 heterocycles. The molecule has 0 radical (unpaired) electrons. The summed E-state index contributed by atoms with van der Waals surface area (Å²) in [5.41, 5.74) is 3.95. The first-order valence-electron chi connectivity index (χ1n) is 8.42. The fourth-order valence-corrected chi connectivity index (χ4v) is 3.38. The number of hydrogen-bond donors (Lipinski definition) is 2. The topological polar surface area (TPSA) is 69.2 Å². The highest BCUT2D eigenvalue weighted by Crippen LogP contribution is 2.41. The van der Waals surface area contributed by atoms with E-state index in [1.807, 2.05) is 0 Å². The van der Waals surface area contributed by atoms with Crippen LogP contribution in [0.1, 0.15) is 47.4 Å². The van der Waals surface area contributed by atoms with E-state index in [2.05, 4.69) is 10.2 Å². The zero-order valence-electron chi connectivity index (χ0n) is 13.3. The van der Waals surface area contributed by atoms with E-state index in [1.165, 1.54) is 48.4 Å². The van der Waals surface area contributed by atoms with Crippen molar-refractivity contribution in [2.24, 2.45) is 0 Å². The summed E-state index contributed by atoms with van der Waals surface area (Å²) in [6.45, 7) is 1.12. The van der Waals surface area contributed by atoms with Crippen LogP contribution in [-0.2, 0) is 17.6 Å². The number of hydrogen-bond acceptors (Lipinski definition) is 3. The number of aliphatic hydroxyl groups is 1. The number of benzene rings is 1. The summed E-state index contributed by atoms with van der Waals surface area (Å²) in [6.07, 6.45) is 2.63. The Morgan fingerprint density at radius 1 is 1.25 bits per heavy atom. The maximum absolute atomic E-state index is 13.0. The van der Waals surface area contributed by atoms with Gasteiger partial charge in [0, 0.05) is 31.1 Å². The lowest BCUT2D eigenvalue weighted by Crippen LogP contribution is -2.37. The third-order valence-electron chi connectivity index (χ3n) is 4.94. The van der Waals surface area contributed by atoms with Gasteiger partial charge in [-0.05, 0) is 42.5 Å². The first-order valence-corrected chi connectivity index (χ1v) is 8.42. The largest absolute Gasteiger partial charge is 0.378 e. The van der Waals surface area contributed by atoms with Gasteiger partial charge in [0.05, 0.1) is 5.69 Å². The van der Waals surface area contributed by atoms with Gasteiger partial charge >= 0.3 is 0 Å². The number of nitrogens with one attached hydrogen (secondary N) is 1. The van der Waals surface area contributed by atoms with E-state index in [-0.39, 0.29) is 11.7 Å². The smallest absolute Gasteiger partial charge is 0.256 e. The molecule has 24 heavy (non-hydrogen) atoms. The van der Waals surface area contributed by atoms with Gasteiger partial charge in [0.2, 0.25) is 0 Å². The van der Waals surface area contributed by atoms with E-state index in [1.54, 1.807) is 4.90 Å². The summed E-state index contributed by atoms with van der Waals surface area (Å²) in [7, 11) is 0. The molecular weight excluding hydrogens is 309 g/mol. The fraction of sp³-hybridized carbons (Fsp3) is 0.444. The molecule has 4 rings (SSSR count). The standard InChI is InChI=1S/C18H20FN3O2/c19-13-5-3-12(4-6-13)17(23)18(24)22-9-7-14-15(8-10-22)20-21-16(14)11-1-2-11/h3-6,11,17,23H,1-2,7-10H2,(H,20,21). The Hall–Kier alpha value is -2.21. The van der Waals surface area contributed by atoms with E-state index < -0.39 is 6.10 Å². The highest BCUT2D eigenvalue weighted by atomic mass is 19.1. The summed E-state index contributed by atoms with van der Waals surface area (Å²) >= 11 is 0. The molecule has 0 saturated heterocycles. The number of nitrogens with zero attached hydrogens (tertiary/aromatic N) is 2. The van der Waals surface area contributed by atoms with E-state index >= 15 is 0 Å². The lowest BCUT2D eigenvalue weighted by atomic mass is 10.1. The monoisotopic (exact) mass is 329 g/mol. The van der Waals surface area contributed by atoms with Gasteiger partial charge < -0.3 is 10.0 Å². The summed E-state index contributed by atoms with van der Waals surface area (Å²) in [5.74, 6) is -0.128. The van der Waals surface area contributed by atoms with Crippen LogP contribution in [-0.4, -0.2) is 39.2 Å². The minimum atomic E-state index is -1.25. The quantitative estimate of drug-likeness (QED) is 0.906. The van der Waals surface area contributed by atoms with Gasteiger partial charge in [-0.1, -0.05) is 12.1 Å². The Balaban J connectivity index is 1.47. The number of carbonyl (C=O) groups is 1. The molecule has 2 N–H and O–H groups in total. The first-order chi connectivity index (χ1) is 11.6. The highest BCUT2D eigenvalue weighted by Gasteiger charge is 2.32. The van der Waals surface area contributed by atoms with Crippen LogP contribution in [0.3, 0.4) is 0 Å². The van der Waals surface area contributed by atoms with Crippen molar-refractivity contribution >= 4 is 5.91 Å². The zero-order valence-corrected chi connectivity index (χ0v) is 13.3.